The van der Waals surface area contributed by atoms with Gasteiger partial charge in [0.15, 0.2) is 0 Å². The summed E-state index contributed by atoms with van der Waals surface area (Å²) in [6, 6.07) is 5.84. The number of benzene rings is 1. The fourth-order valence-corrected chi connectivity index (χ4v) is 2.49. The summed E-state index contributed by atoms with van der Waals surface area (Å²) in [5, 5.41) is 3.10. The molecule has 0 spiro atoms. The summed E-state index contributed by atoms with van der Waals surface area (Å²) >= 11 is 0. The molecule has 0 radical (unpaired) electrons. The molecule has 1 amide bonds. The quantitative estimate of drug-likeness (QED) is 0.812. The van der Waals surface area contributed by atoms with Gasteiger partial charge in [-0.3, -0.25) is 4.79 Å². The molecule has 1 aliphatic heterocycles. The first-order valence-corrected chi connectivity index (χ1v) is 7.32. The molecule has 1 aliphatic rings. The van der Waals surface area contributed by atoms with E-state index in [0.29, 0.717) is 18.7 Å². The minimum atomic E-state index is -0.0389. The van der Waals surface area contributed by atoms with Crippen LogP contribution in [0.15, 0.2) is 18.2 Å². The normalized spacial score (nSPS) is 21.3. The molecule has 0 bridgehead atoms. The van der Waals surface area contributed by atoms with Crippen LogP contribution in [-0.2, 0) is 4.74 Å². The smallest absolute Gasteiger partial charge is 0.251 e. The predicted octanol–water partition coefficient (Wildman–Crippen LogP) is 1.60. The van der Waals surface area contributed by atoms with Crippen molar-refractivity contribution in [1.29, 1.82) is 0 Å². The van der Waals surface area contributed by atoms with E-state index >= 15 is 0 Å². The Morgan fingerprint density at radius 1 is 1.52 bits per heavy atom. The first kappa shape index (κ1) is 15.6. The van der Waals surface area contributed by atoms with Crippen LogP contribution in [0.25, 0.3) is 0 Å². The number of carbonyl (C=O) groups excluding carboxylic acids is 1. The predicted molar refractivity (Wildman–Crippen MR) is 83.0 cm³/mol. The monoisotopic (exact) mass is 286 g/mol. The van der Waals surface area contributed by atoms with Crippen molar-refractivity contribution >= 4 is 5.91 Å². The van der Waals surface area contributed by atoms with Crippen molar-refractivity contribution in [3.63, 3.8) is 0 Å². The molecule has 21 heavy (non-hydrogen) atoms. The van der Waals surface area contributed by atoms with E-state index in [0.717, 1.165) is 24.0 Å². The average Bonchev–Trinajstić information content (AvgIpc) is 2.46. The van der Waals surface area contributed by atoms with Crippen molar-refractivity contribution in [2.75, 3.05) is 13.2 Å². The van der Waals surface area contributed by atoms with Crippen LogP contribution in [0.1, 0.15) is 41.3 Å². The molecular weight excluding hydrogens is 264 g/mol. The van der Waals surface area contributed by atoms with Gasteiger partial charge >= 0.3 is 0 Å². The van der Waals surface area contributed by atoms with Gasteiger partial charge in [-0.2, -0.15) is 0 Å². The van der Waals surface area contributed by atoms with Gasteiger partial charge in [0.25, 0.3) is 5.91 Å². The molecule has 4 nitrogen and oxygen atoms in total. The third-order valence-electron chi connectivity index (χ3n) is 3.64. The number of hydrogen-bond acceptors (Lipinski definition) is 3. The van der Waals surface area contributed by atoms with Crippen LogP contribution in [0, 0.1) is 18.8 Å². The Labute approximate surface area is 126 Å². The third-order valence-corrected chi connectivity index (χ3v) is 3.64. The highest BCUT2D eigenvalue weighted by Gasteiger charge is 2.22. The van der Waals surface area contributed by atoms with Crippen molar-refractivity contribution in [3.8, 4) is 11.8 Å². The van der Waals surface area contributed by atoms with Gasteiger partial charge in [-0.25, -0.2) is 0 Å². The highest BCUT2D eigenvalue weighted by atomic mass is 16.5. The molecule has 0 saturated carbocycles. The topological polar surface area (TPSA) is 64.4 Å². The van der Waals surface area contributed by atoms with E-state index in [9.17, 15) is 4.79 Å². The van der Waals surface area contributed by atoms with Gasteiger partial charge in [-0.1, -0.05) is 17.9 Å². The maximum absolute atomic E-state index is 12.4. The maximum Gasteiger partial charge on any atom is 0.251 e. The Hall–Kier alpha value is -1.83. The summed E-state index contributed by atoms with van der Waals surface area (Å²) in [4.78, 5) is 12.4. The van der Waals surface area contributed by atoms with Crippen molar-refractivity contribution in [2.24, 2.45) is 5.73 Å². The van der Waals surface area contributed by atoms with Crippen molar-refractivity contribution in [3.05, 3.63) is 34.9 Å². The molecule has 2 atom stereocenters. The summed E-state index contributed by atoms with van der Waals surface area (Å²) in [6.07, 6.45) is 1.92. The Morgan fingerprint density at radius 3 is 3.05 bits per heavy atom. The summed E-state index contributed by atoms with van der Waals surface area (Å²) in [7, 11) is 0. The molecule has 0 aliphatic carbocycles. The first-order chi connectivity index (χ1) is 10.1. The SMILES string of the molecule is Cc1ccc(C#CCN)cc1C(=O)NC1CCOC(C)C1. The summed E-state index contributed by atoms with van der Waals surface area (Å²) < 4.78 is 5.50. The Balaban J connectivity index is 2.10. The summed E-state index contributed by atoms with van der Waals surface area (Å²) in [5.41, 5.74) is 7.82. The van der Waals surface area contributed by atoms with Crippen molar-refractivity contribution in [1.82, 2.24) is 5.32 Å². The Morgan fingerprint density at radius 2 is 2.33 bits per heavy atom. The highest BCUT2D eigenvalue weighted by molar-refractivity contribution is 5.96. The van der Waals surface area contributed by atoms with E-state index in [1.807, 2.05) is 32.0 Å². The zero-order valence-corrected chi connectivity index (χ0v) is 12.6. The van der Waals surface area contributed by atoms with Crippen LogP contribution in [0.3, 0.4) is 0 Å². The fourth-order valence-electron chi connectivity index (χ4n) is 2.49. The third kappa shape index (κ3) is 4.32. The number of rotatable bonds is 2. The molecule has 1 fully saturated rings. The number of carbonyl (C=O) groups is 1. The molecule has 4 heteroatoms. The minimum Gasteiger partial charge on any atom is -0.378 e. The Kier molecular flexibility index (Phi) is 5.38. The van der Waals surface area contributed by atoms with E-state index in [1.165, 1.54) is 0 Å². The van der Waals surface area contributed by atoms with E-state index in [1.54, 1.807) is 0 Å². The van der Waals surface area contributed by atoms with Gasteiger partial charge in [0, 0.05) is 23.8 Å². The molecule has 3 N–H and O–H groups in total. The van der Waals surface area contributed by atoms with E-state index in [2.05, 4.69) is 17.2 Å². The number of amides is 1. The lowest BCUT2D eigenvalue weighted by Gasteiger charge is -2.28. The highest BCUT2D eigenvalue weighted by Crippen LogP contribution is 2.15. The standard InChI is InChI=1S/C17H22N2O2/c1-12-5-6-14(4-3-8-18)11-16(12)17(20)19-15-7-9-21-13(2)10-15/h5-6,11,13,15H,7-10,18H2,1-2H3,(H,19,20). The fraction of sp³-hybridized carbons (Fsp3) is 0.471. The average molecular weight is 286 g/mol. The van der Waals surface area contributed by atoms with E-state index in [-0.39, 0.29) is 18.1 Å². The second-order valence-electron chi connectivity index (χ2n) is 5.41. The van der Waals surface area contributed by atoms with Gasteiger partial charge in [0.2, 0.25) is 0 Å². The van der Waals surface area contributed by atoms with E-state index < -0.39 is 0 Å². The minimum absolute atomic E-state index is 0.0389. The number of nitrogens with one attached hydrogen (secondary N) is 1. The molecule has 2 unspecified atom stereocenters. The van der Waals surface area contributed by atoms with Gasteiger partial charge in [0.05, 0.1) is 12.6 Å². The second-order valence-corrected chi connectivity index (χ2v) is 5.41. The summed E-state index contributed by atoms with van der Waals surface area (Å²) in [5.74, 6) is 5.73. The molecule has 1 aromatic rings. The van der Waals surface area contributed by atoms with Gasteiger partial charge in [-0.05, 0) is 44.4 Å². The number of nitrogens with two attached hydrogens (primary N) is 1. The lowest BCUT2D eigenvalue weighted by atomic mass is 10.0. The first-order valence-electron chi connectivity index (χ1n) is 7.32. The number of ether oxygens (including phenoxy) is 1. The zero-order valence-electron chi connectivity index (χ0n) is 12.6. The largest absolute Gasteiger partial charge is 0.378 e. The van der Waals surface area contributed by atoms with Gasteiger partial charge in [-0.15, -0.1) is 0 Å². The van der Waals surface area contributed by atoms with Crippen molar-refractivity contribution < 1.29 is 9.53 Å². The summed E-state index contributed by atoms with van der Waals surface area (Å²) in [6.45, 7) is 4.98. The maximum atomic E-state index is 12.4. The number of aryl methyl sites for hydroxylation is 1. The Bertz CT molecular complexity index is 572. The van der Waals surface area contributed by atoms with Gasteiger partial charge < -0.3 is 15.8 Å². The lowest BCUT2D eigenvalue weighted by Crippen LogP contribution is -2.41. The molecule has 0 aromatic heterocycles. The van der Waals surface area contributed by atoms with Crippen LogP contribution in [0.5, 0.6) is 0 Å². The molecule has 1 aromatic carbocycles. The van der Waals surface area contributed by atoms with Gasteiger partial charge in [0.1, 0.15) is 0 Å². The molecule has 112 valence electrons. The molecule has 2 rings (SSSR count). The van der Waals surface area contributed by atoms with Crippen LogP contribution in [0.2, 0.25) is 0 Å². The molecular formula is C17H22N2O2. The lowest BCUT2D eigenvalue weighted by molar-refractivity contribution is 0.0136. The molecule has 1 saturated heterocycles. The van der Waals surface area contributed by atoms with Crippen LogP contribution in [-0.4, -0.2) is 31.2 Å². The number of hydrogen-bond donors (Lipinski definition) is 2. The zero-order chi connectivity index (χ0) is 15.2. The van der Waals surface area contributed by atoms with E-state index in [4.69, 9.17) is 10.5 Å². The van der Waals surface area contributed by atoms with Crippen LogP contribution < -0.4 is 11.1 Å². The van der Waals surface area contributed by atoms with Crippen LogP contribution in [0.4, 0.5) is 0 Å². The van der Waals surface area contributed by atoms with Crippen LogP contribution >= 0.6 is 0 Å². The molecule has 1 heterocycles. The van der Waals surface area contributed by atoms with Crippen molar-refractivity contribution in [2.45, 2.75) is 38.8 Å². The second kappa shape index (κ2) is 7.26.